The van der Waals surface area contributed by atoms with Crippen LogP contribution in [0, 0.1) is 0 Å². The Labute approximate surface area is 210 Å². The number of rotatable bonds is 7. The highest BCUT2D eigenvalue weighted by Gasteiger charge is 2.34. The summed E-state index contributed by atoms with van der Waals surface area (Å²) in [6.07, 6.45) is 0.656. The van der Waals surface area contributed by atoms with E-state index in [-0.39, 0.29) is 11.9 Å². The van der Waals surface area contributed by atoms with Crippen LogP contribution < -0.4 is 23.7 Å². The highest BCUT2D eigenvalue weighted by atomic mass is 35.5. The molecule has 1 amide bonds. The van der Waals surface area contributed by atoms with Gasteiger partial charge in [-0.25, -0.2) is 0 Å². The Kier molecular flexibility index (Phi) is 7.26. The zero-order chi connectivity index (χ0) is 25.1. The molecule has 0 fully saturated rings. The molecule has 0 bridgehead atoms. The zero-order valence-corrected chi connectivity index (χ0v) is 21.1. The molecule has 3 aromatic carbocycles. The van der Waals surface area contributed by atoms with E-state index in [0.717, 1.165) is 16.7 Å². The number of hydrogen-bond acceptors (Lipinski definition) is 6. The molecule has 8 heteroatoms. The van der Waals surface area contributed by atoms with Crippen molar-refractivity contribution in [2.24, 2.45) is 0 Å². The summed E-state index contributed by atoms with van der Waals surface area (Å²) in [5.41, 5.74) is 3.36. The van der Waals surface area contributed by atoms with Crippen LogP contribution >= 0.6 is 11.6 Å². The van der Waals surface area contributed by atoms with Gasteiger partial charge in [0, 0.05) is 17.1 Å². The van der Waals surface area contributed by atoms with Crippen molar-refractivity contribution < 1.29 is 28.5 Å². The SMILES string of the molecule is COc1cc2c(cc1OC)C(c1cccc(Cl)c1)N(C(=O)c1cc(OC)c(OC)c(OC)c1)CC2. The quantitative estimate of drug-likeness (QED) is 0.448. The van der Waals surface area contributed by atoms with Gasteiger partial charge in [0.25, 0.3) is 5.91 Å². The molecule has 0 saturated heterocycles. The normalized spacial score (nSPS) is 14.7. The summed E-state index contributed by atoms with van der Waals surface area (Å²) in [6.45, 7) is 0.495. The molecule has 184 valence electrons. The van der Waals surface area contributed by atoms with Gasteiger partial charge in [-0.1, -0.05) is 23.7 Å². The Bertz CT molecular complexity index is 1220. The number of methoxy groups -OCH3 is 5. The summed E-state index contributed by atoms with van der Waals surface area (Å²) >= 11 is 6.36. The van der Waals surface area contributed by atoms with E-state index in [0.29, 0.717) is 52.3 Å². The minimum atomic E-state index is -0.385. The minimum absolute atomic E-state index is 0.172. The van der Waals surface area contributed by atoms with Gasteiger partial charge in [-0.3, -0.25) is 4.79 Å². The van der Waals surface area contributed by atoms with Gasteiger partial charge in [-0.2, -0.15) is 0 Å². The Morgan fingerprint density at radius 1 is 0.829 bits per heavy atom. The van der Waals surface area contributed by atoms with Crippen LogP contribution in [0.1, 0.15) is 33.1 Å². The highest BCUT2D eigenvalue weighted by Crippen LogP contribution is 2.43. The predicted molar refractivity (Wildman–Crippen MR) is 134 cm³/mol. The molecule has 4 rings (SSSR count). The molecule has 35 heavy (non-hydrogen) atoms. The van der Waals surface area contributed by atoms with Gasteiger partial charge in [-0.15, -0.1) is 0 Å². The summed E-state index contributed by atoms with van der Waals surface area (Å²) in [4.78, 5) is 15.8. The first kappa shape index (κ1) is 24.5. The van der Waals surface area contributed by atoms with Gasteiger partial charge in [-0.05, 0) is 59.5 Å². The summed E-state index contributed by atoms with van der Waals surface area (Å²) < 4.78 is 27.5. The molecule has 0 spiro atoms. The Morgan fingerprint density at radius 2 is 1.46 bits per heavy atom. The van der Waals surface area contributed by atoms with E-state index >= 15 is 0 Å². The fourth-order valence-corrected chi connectivity index (χ4v) is 4.77. The molecular weight excluding hydrogens is 470 g/mol. The van der Waals surface area contributed by atoms with E-state index in [4.69, 9.17) is 35.3 Å². The van der Waals surface area contributed by atoms with Crippen molar-refractivity contribution in [2.75, 3.05) is 42.1 Å². The molecule has 1 heterocycles. The second-order valence-corrected chi connectivity index (χ2v) is 8.46. The first-order chi connectivity index (χ1) is 16.9. The Hall–Kier alpha value is -3.58. The molecule has 0 aliphatic carbocycles. The van der Waals surface area contributed by atoms with E-state index < -0.39 is 0 Å². The molecule has 0 N–H and O–H groups in total. The monoisotopic (exact) mass is 497 g/mol. The number of hydrogen-bond donors (Lipinski definition) is 0. The average molecular weight is 498 g/mol. The minimum Gasteiger partial charge on any atom is -0.493 e. The van der Waals surface area contributed by atoms with Crippen molar-refractivity contribution >= 4 is 17.5 Å². The second kappa shape index (κ2) is 10.4. The van der Waals surface area contributed by atoms with E-state index in [1.54, 1.807) is 26.4 Å². The lowest BCUT2D eigenvalue weighted by atomic mass is 9.87. The van der Waals surface area contributed by atoms with E-state index in [1.807, 2.05) is 41.3 Å². The zero-order valence-electron chi connectivity index (χ0n) is 20.4. The smallest absolute Gasteiger partial charge is 0.254 e. The maximum absolute atomic E-state index is 14.0. The molecule has 1 aliphatic heterocycles. The average Bonchev–Trinajstić information content (AvgIpc) is 2.90. The third-order valence-corrected chi connectivity index (χ3v) is 6.45. The van der Waals surface area contributed by atoms with Crippen LogP contribution in [0.3, 0.4) is 0 Å². The van der Waals surface area contributed by atoms with Crippen LogP contribution in [0.25, 0.3) is 0 Å². The number of amides is 1. The first-order valence-electron chi connectivity index (χ1n) is 11.1. The molecule has 0 radical (unpaired) electrons. The fraction of sp³-hybridized carbons (Fsp3) is 0.296. The molecule has 1 atom stereocenters. The van der Waals surface area contributed by atoms with Crippen LogP contribution in [0.4, 0.5) is 0 Å². The van der Waals surface area contributed by atoms with Crippen molar-refractivity contribution in [3.63, 3.8) is 0 Å². The van der Waals surface area contributed by atoms with Crippen molar-refractivity contribution in [1.82, 2.24) is 4.90 Å². The number of carbonyl (C=O) groups is 1. The van der Waals surface area contributed by atoms with Crippen molar-refractivity contribution in [1.29, 1.82) is 0 Å². The third-order valence-electron chi connectivity index (χ3n) is 6.21. The van der Waals surface area contributed by atoms with Gasteiger partial charge >= 0.3 is 0 Å². The Morgan fingerprint density at radius 3 is 2.03 bits per heavy atom. The maximum Gasteiger partial charge on any atom is 0.254 e. The summed E-state index contributed by atoms with van der Waals surface area (Å²) in [7, 11) is 7.79. The topological polar surface area (TPSA) is 66.5 Å². The highest BCUT2D eigenvalue weighted by molar-refractivity contribution is 6.30. The van der Waals surface area contributed by atoms with E-state index in [9.17, 15) is 4.79 Å². The van der Waals surface area contributed by atoms with Crippen molar-refractivity contribution in [3.8, 4) is 28.7 Å². The summed E-state index contributed by atoms with van der Waals surface area (Å²) in [5.74, 6) is 2.34. The molecule has 1 aliphatic rings. The molecule has 0 aromatic heterocycles. The van der Waals surface area contributed by atoms with Crippen LogP contribution in [-0.2, 0) is 6.42 Å². The molecule has 7 nitrogen and oxygen atoms in total. The molecule has 3 aromatic rings. The largest absolute Gasteiger partial charge is 0.493 e. The van der Waals surface area contributed by atoms with Gasteiger partial charge in [0.1, 0.15) is 0 Å². The lowest BCUT2D eigenvalue weighted by Gasteiger charge is -2.38. The number of halogens is 1. The maximum atomic E-state index is 14.0. The standard InChI is InChI=1S/C27H28ClNO6/c1-31-21-12-16-9-10-29(27(30)18-13-23(33-3)26(35-5)24(14-18)34-4)25(20(16)15-22(21)32-2)17-7-6-8-19(28)11-17/h6-8,11-15,25H,9-10H2,1-5H3. The van der Waals surface area contributed by atoms with Crippen molar-refractivity contribution in [3.05, 3.63) is 75.8 Å². The fourth-order valence-electron chi connectivity index (χ4n) is 4.57. The number of ether oxygens (including phenoxy) is 5. The lowest BCUT2D eigenvalue weighted by Crippen LogP contribution is -2.40. The Balaban J connectivity index is 1.86. The van der Waals surface area contributed by atoms with E-state index in [2.05, 4.69) is 0 Å². The summed E-state index contributed by atoms with van der Waals surface area (Å²) in [5, 5.41) is 0.593. The third kappa shape index (κ3) is 4.56. The predicted octanol–water partition coefficient (Wildman–Crippen LogP) is 5.17. The van der Waals surface area contributed by atoms with Crippen LogP contribution in [0.5, 0.6) is 28.7 Å². The second-order valence-electron chi connectivity index (χ2n) is 8.03. The van der Waals surface area contributed by atoms with Crippen LogP contribution in [0.2, 0.25) is 5.02 Å². The van der Waals surface area contributed by atoms with Gasteiger partial charge in [0.2, 0.25) is 5.75 Å². The first-order valence-corrected chi connectivity index (χ1v) is 11.4. The van der Waals surface area contributed by atoms with Crippen LogP contribution in [-0.4, -0.2) is 52.9 Å². The lowest BCUT2D eigenvalue weighted by molar-refractivity contribution is 0.0693. The van der Waals surface area contributed by atoms with Gasteiger partial charge in [0.05, 0.1) is 41.6 Å². The van der Waals surface area contributed by atoms with Gasteiger partial charge in [0.15, 0.2) is 23.0 Å². The van der Waals surface area contributed by atoms with Crippen molar-refractivity contribution in [2.45, 2.75) is 12.5 Å². The number of benzene rings is 3. The van der Waals surface area contributed by atoms with Crippen LogP contribution in [0.15, 0.2) is 48.5 Å². The summed E-state index contributed by atoms with van der Waals surface area (Å²) in [6, 6.07) is 14.4. The number of carbonyl (C=O) groups excluding carboxylic acids is 1. The molecular formula is C27H28ClNO6. The molecule has 1 unspecified atom stereocenters. The number of nitrogens with zero attached hydrogens (tertiary/aromatic N) is 1. The van der Waals surface area contributed by atoms with E-state index in [1.165, 1.54) is 21.3 Å². The number of fused-ring (bicyclic) bond motifs is 1. The van der Waals surface area contributed by atoms with Gasteiger partial charge < -0.3 is 28.6 Å². The molecule has 0 saturated carbocycles.